The molecule has 0 amide bonds. The van der Waals surface area contributed by atoms with E-state index < -0.39 is 20.0 Å². The van der Waals surface area contributed by atoms with E-state index in [1.54, 1.807) is 13.8 Å². The molecule has 0 spiro atoms. The summed E-state index contributed by atoms with van der Waals surface area (Å²) in [5.41, 5.74) is 0. The molecule has 0 aliphatic carbocycles. The van der Waals surface area contributed by atoms with E-state index in [9.17, 15) is 16.8 Å². The maximum absolute atomic E-state index is 11.8. The maximum Gasteiger partial charge on any atom is 0.404 e. The van der Waals surface area contributed by atoms with Crippen molar-refractivity contribution in [2.24, 2.45) is 5.11 Å². The van der Waals surface area contributed by atoms with Crippen LogP contribution in [-0.4, -0.2) is 31.8 Å². The highest BCUT2D eigenvalue weighted by Gasteiger charge is 2.39. The zero-order chi connectivity index (χ0) is 14.2. The number of nitriles is 1. The molecule has 0 N–H and O–H groups in total. The molecular formula is C9H18N3O4S2+. The van der Waals surface area contributed by atoms with Crippen LogP contribution in [0.1, 0.15) is 39.5 Å². The van der Waals surface area contributed by atoms with E-state index in [2.05, 4.69) is 5.11 Å². The molecular weight excluding hydrogens is 278 g/mol. The van der Waals surface area contributed by atoms with Gasteiger partial charge in [0.05, 0.1) is 0 Å². The quantitative estimate of drug-likeness (QED) is 0.380. The zero-order valence-electron chi connectivity index (χ0n) is 10.5. The predicted octanol–water partition coefficient (Wildman–Crippen LogP) is 1.19. The summed E-state index contributed by atoms with van der Waals surface area (Å²) in [6, 6.07) is 0. The van der Waals surface area contributed by atoms with Gasteiger partial charge in [0.2, 0.25) is 0 Å². The van der Waals surface area contributed by atoms with Gasteiger partial charge in [0.25, 0.3) is 6.19 Å². The third-order valence-electron chi connectivity index (χ3n) is 2.11. The van der Waals surface area contributed by atoms with E-state index in [4.69, 9.17) is 5.26 Å². The second-order valence-corrected chi connectivity index (χ2v) is 7.78. The fourth-order valence-corrected chi connectivity index (χ4v) is 4.92. The zero-order valence-corrected chi connectivity index (χ0v) is 12.2. The second kappa shape index (κ2) is 7.43. The van der Waals surface area contributed by atoms with Gasteiger partial charge >= 0.3 is 20.0 Å². The fraction of sp³-hybridized carbons (Fsp3) is 0.889. The average Bonchev–Trinajstić information content (AvgIpc) is 2.30. The third kappa shape index (κ3) is 5.10. The van der Waals surface area contributed by atoms with Gasteiger partial charge in [0, 0.05) is 0 Å². The van der Waals surface area contributed by atoms with Crippen LogP contribution in [-0.2, 0) is 20.0 Å². The van der Waals surface area contributed by atoms with Crippen molar-refractivity contribution in [2.45, 2.75) is 39.5 Å². The van der Waals surface area contributed by atoms with Crippen LogP contribution in [0.15, 0.2) is 5.11 Å². The number of unbranched alkanes of at least 4 members (excludes halogenated alkanes) is 2. The Hall–Kier alpha value is -1.01. The van der Waals surface area contributed by atoms with Crippen LogP contribution in [0.5, 0.6) is 0 Å². The van der Waals surface area contributed by atoms with Crippen molar-refractivity contribution in [2.75, 3.05) is 11.5 Å². The maximum atomic E-state index is 11.8. The predicted molar refractivity (Wildman–Crippen MR) is 65.7 cm³/mol. The van der Waals surface area contributed by atoms with Crippen LogP contribution in [0.25, 0.3) is 0 Å². The standard InChI is InChI=1S/C9H18N3O4S2/c1-3-5-7-17(13,14)12(11-9-10)18(15,16)8-6-4-2/h3-8H2,1-2H3/q+1. The van der Waals surface area contributed by atoms with Crippen molar-refractivity contribution in [3.63, 3.8) is 0 Å². The molecule has 0 heterocycles. The molecule has 0 aromatic rings. The van der Waals surface area contributed by atoms with Crippen molar-refractivity contribution < 1.29 is 20.3 Å². The number of hydrogen-bond donors (Lipinski definition) is 0. The summed E-state index contributed by atoms with van der Waals surface area (Å²) in [5, 5.41) is 11.4. The highest BCUT2D eigenvalue weighted by molar-refractivity contribution is 7.97. The van der Waals surface area contributed by atoms with E-state index in [-0.39, 0.29) is 15.0 Å². The lowest BCUT2D eigenvalue weighted by molar-refractivity contribution is -0.262. The number of hydrogen-bond acceptors (Lipinski definition) is 6. The first-order valence-electron chi connectivity index (χ1n) is 5.67. The van der Waals surface area contributed by atoms with Crippen LogP contribution in [0, 0.1) is 11.5 Å². The Balaban J connectivity index is 5.36. The van der Waals surface area contributed by atoms with E-state index >= 15 is 0 Å². The Morgan fingerprint density at radius 1 is 1.00 bits per heavy atom. The first-order chi connectivity index (χ1) is 8.31. The van der Waals surface area contributed by atoms with Gasteiger partial charge in [-0.1, -0.05) is 26.7 Å². The normalized spacial score (nSPS) is 11.8. The molecule has 0 radical (unpaired) electrons. The fourth-order valence-electron chi connectivity index (χ4n) is 1.14. The van der Waals surface area contributed by atoms with Crippen LogP contribution in [0.2, 0.25) is 0 Å². The van der Waals surface area contributed by atoms with Crippen LogP contribution >= 0.6 is 0 Å². The van der Waals surface area contributed by atoms with Crippen molar-refractivity contribution in [3.05, 3.63) is 0 Å². The van der Waals surface area contributed by atoms with E-state index in [1.807, 2.05) is 0 Å². The topological polar surface area (TPSA) is 107 Å². The lowest BCUT2D eigenvalue weighted by Crippen LogP contribution is -2.30. The van der Waals surface area contributed by atoms with Gasteiger partial charge in [0.1, 0.15) is 20.1 Å². The Kier molecular flexibility index (Phi) is 7.01. The van der Waals surface area contributed by atoms with Gasteiger partial charge in [-0.25, -0.2) is 0 Å². The number of rotatable bonds is 8. The van der Waals surface area contributed by atoms with E-state index in [1.165, 1.54) is 6.19 Å². The molecule has 0 fully saturated rings. The highest BCUT2D eigenvalue weighted by Crippen LogP contribution is 2.08. The second-order valence-electron chi connectivity index (χ2n) is 3.72. The lowest BCUT2D eigenvalue weighted by atomic mass is 10.4. The first kappa shape index (κ1) is 17.0. The van der Waals surface area contributed by atoms with Crippen molar-refractivity contribution in [1.29, 1.82) is 5.26 Å². The summed E-state index contributed by atoms with van der Waals surface area (Å²) in [6.07, 6.45) is 3.08. The molecule has 0 aromatic carbocycles. The van der Waals surface area contributed by atoms with Crippen molar-refractivity contribution in [1.82, 2.24) is 0 Å². The summed E-state index contributed by atoms with van der Waals surface area (Å²) in [5.74, 6) is -0.667. The summed E-state index contributed by atoms with van der Waals surface area (Å²) < 4.78 is 47.1. The molecule has 0 unspecified atom stereocenters. The summed E-state index contributed by atoms with van der Waals surface area (Å²) in [4.78, 5) is 0. The SMILES string of the molecule is CCCCS(=O)(=O)[N+](=NC#N)S(=O)(=O)CCCC. The van der Waals surface area contributed by atoms with Gasteiger partial charge in [-0.3, -0.25) is 0 Å². The van der Waals surface area contributed by atoms with Gasteiger partial charge in [-0.2, -0.15) is 22.1 Å². The van der Waals surface area contributed by atoms with Crippen molar-refractivity contribution in [3.8, 4) is 6.19 Å². The summed E-state index contributed by atoms with van der Waals surface area (Å²) in [6.45, 7) is 3.57. The molecule has 0 saturated heterocycles. The van der Waals surface area contributed by atoms with E-state index in [0.29, 0.717) is 25.7 Å². The molecule has 0 aromatic heterocycles. The Bertz CT molecular complexity index is 489. The molecule has 104 valence electrons. The minimum absolute atomic E-state index is 0.0225. The van der Waals surface area contributed by atoms with Gasteiger partial charge in [-0.05, 0) is 12.8 Å². The van der Waals surface area contributed by atoms with Gasteiger partial charge in [0.15, 0.2) is 0 Å². The van der Waals surface area contributed by atoms with Gasteiger partial charge in [-0.15, -0.1) is 0 Å². The molecule has 9 heteroatoms. The minimum Gasteiger partial charge on any atom is -0.164 e. The highest BCUT2D eigenvalue weighted by atomic mass is 32.3. The Labute approximate surface area is 108 Å². The minimum atomic E-state index is -4.08. The molecule has 18 heavy (non-hydrogen) atoms. The Morgan fingerprint density at radius 3 is 1.67 bits per heavy atom. The third-order valence-corrected chi connectivity index (χ3v) is 6.20. The van der Waals surface area contributed by atoms with Crippen molar-refractivity contribution >= 4 is 20.0 Å². The largest absolute Gasteiger partial charge is 0.404 e. The molecule has 0 bridgehead atoms. The molecule has 0 saturated carbocycles. The molecule has 0 aliphatic heterocycles. The van der Waals surface area contributed by atoms with E-state index in [0.717, 1.165) is 0 Å². The number of sulfonamides is 2. The average molecular weight is 296 g/mol. The monoisotopic (exact) mass is 296 g/mol. The van der Waals surface area contributed by atoms with Crippen LogP contribution < -0.4 is 0 Å². The summed E-state index contributed by atoms with van der Waals surface area (Å²) in [7, 11) is -8.16. The lowest BCUT2D eigenvalue weighted by Gasteiger charge is -2.00. The first-order valence-corrected chi connectivity index (χ1v) is 8.89. The molecule has 0 rings (SSSR count). The molecule has 0 aliphatic rings. The molecule has 7 nitrogen and oxygen atoms in total. The Morgan fingerprint density at radius 2 is 1.39 bits per heavy atom. The van der Waals surface area contributed by atoms with Gasteiger partial charge < -0.3 is 0 Å². The van der Waals surface area contributed by atoms with Crippen LogP contribution in [0.3, 0.4) is 0 Å². The smallest absolute Gasteiger partial charge is 0.164 e. The summed E-state index contributed by atoms with van der Waals surface area (Å²) >= 11 is 0. The number of nitrogens with zero attached hydrogens (tertiary/aromatic N) is 3. The molecule has 0 atom stereocenters. The van der Waals surface area contributed by atoms with Crippen LogP contribution in [0.4, 0.5) is 0 Å².